The van der Waals surface area contributed by atoms with Gasteiger partial charge >= 0.3 is 0 Å². The Kier molecular flexibility index (Phi) is 2.41. The van der Waals surface area contributed by atoms with E-state index in [0.717, 1.165) is 17.0 Å². The lowest BCUT2D eigenvalue weighted by Gasteiger charge is -2.01. The van der Waals surface area contributed by atoms with Crippen LogP contribution in [-0.2, 0) is 6.42 Å². The molecular formula is C9H10N4S. The van der Waals surface area contributed by atoms with E-state index in [1.54, 1.807) is 17.8 Å². The summed E-state index contributed by atoms with van der Waals surface area (Å²) in [6.45, 7) is 2.04. The second-order valence-corrected chi connectivity index (χ2v) is 3.71. The molecule has 4 nitrogen and oxygen atoms in total. The van der Waals surface area contributed by atoms with Gasteiger partial charge in [-0.05, 0) is 6.42 Å². The maximum atomic E-state index is 5.67. The third kappa shape index (κ3) is 1.72. The first-order valence-electron chi connectivity index (χ1n) is 4.32. The number of nitrogens with zero attached hydrogens (tertiary/aromatic N) is 3. The standard InChI is InChI=1S/C9H10N4S/c1-2-6-3-8(10)13-9(12-6)7-4-11-5-14-7/h3-5H,2H2,1H3,(H2,10,12,13). The van der Waals surface area contributed by atoms with Gasteiger partial charge in [0.2, 0.25) is 0 Å². The van der Waals surface area contributed by atoms with Crippen LogP contribution in [0.2, 0.25) is 0 Å². The summed E-state index contributed by atoms with van der Waals surface area (Å²) in [6, 6.07) is 1.80. The normalized spacial score (nSPS) is 10.4. The summed E-state index contributed by atoms with van der Waals surface area (Å²) in [5.41, 5.74) is 8.39. The molecule has 5 heteroatoms. The number of anilines is 1. The van der Waals surface area contributed by atoms with Crippen molar-refractivity contribution in [3.63, 3.8) is 0 Å². The molecule has 0 atom stereocenters. The summed E-state index contributed by atoms with van der Waals surface area (Å²) in [6.07, 6.45) is 2.61. The van der Waals surface area contributed by atoms with Crippen LogP contribution in [0.3, 0.4) is 0 Å². The largest absolute Gasteiger partial charge is 0.384 e. The molecule has 2 aromatic heterocycles. The fourth-order valence-corrected chi connectivity index (χ4v) is 1.69. The van der Waals surface area contributed by atoms with Gasteiger partial charge in [0.1, 0.15) is 5.82 Å². The maximum absolute atomic E-state index is 5.67. The summed E-state index contributed by atoms with van der Waals surface area (Å²) >= 11 is 1.51. The Balaban J connectivity index is 2.48. The van der Waals surface area contributed by atoms with Crippen molar-refractivity contribution in [3.05, 3.63) is 23.5 Å². The van der Waals surface area contributed by atoms with Gasteiger partial charge in [-0.2, -0.15) is 0 Å². The van der Waals surface area contributed by atoms with Crippen molar-refractivity contribution in [1.29, 1.82) is 0 Å². The Bertz CT molecular complexity index is 424. The molecule has 0 radical (unpaired) electrons. The maximum Gasteiger partial charge on any atom is 0.173 e. The van der Waals surface area contributed by atoms with Crippen molar-refractivity contribution in [3.8, 4) is 10.7 Å². The summed E-state index contributed by atoms with van der Waals surface area (Å²) in [4.78, 5) is 13.5. The fourth-order valence-electron chi connectivity index (χ4n) is 1.14. The molecule has 0 bridgehead atoms. The Hall–Kier alpha value is -1.49. The molecule has 14 heavy (non-hydrogen) atoms. The average Bonchev–Trinajstić information content (AvgIpc) is 2.69. The van der Waals surface area contributed by atoms with E-state index in [9.17, 15) is 0 Å². The number of nitrogen functional groups attached to an aromatic ring is 1. The molecule has 0 aliphatic rings. The van der Waals surface area contributed by atoms with Gasteiger partial charge in [-0.1, -0.05) is 6.92 Å². The van der Waals surface area contributed by atoms with Crippen LogP contribution >= 0.6 is 11.3 Å². The van der Waals surface area contributed by atoms with Crippen molar-refractivity contribution in [2.24, 2.45) is 0 Å². The second kappa shape index (κ2) is 3.71. The molecule has 0 spiro atoms. The van der Waals surface area contributed by atoms with Crippen LogP contribution in [0.5, 0.6) is 0 Å². The molecule has 2 heterocycles. The summed E-state index contributed by atoms with van der Waals surface area (Å²) < 4.78 is 0. The highest BCUT2D eigenvalue weighted by atomic mass is 32.1. The zero-order valence-electron chi connectivity index (χ0n) is 7.77. The highest BCUT2D eigenvalue weighted by Gasteiger charge is 2.05. The molecule has 0 aromatic carbocycles. The number of hydrogen-bond acceptors (Lipinski definition) is 5. The van der Waals surface area contributed by atoms with E-state index in [2.05, 4.69) is 15.0 Å². The minimum Gasteiger partial charge on any atom is -0.384 e. The van der Waals surface area contributed by atoms with Crippen LogP contribution in [0, 0.1) is 0 Å². The van der Waals surface area contributed by atoms with Crippen LogP contribution in [0.1, 0.15) is 12.6 Å². The second-order valence-electron chi connectivity index (χ2n) is 2.83. The summed E-state index contributed by atoms with van der Waals surface area (Å²) in [5, 5.41) is 0. The molecular weight excluding hydrogens is 196 g/mol. The van der Waals surface area contributed by atoms with Gasteiger partial charge in [0.25, 0.3) is 0 Å². The number of rotatable bonds is 2. The van der Waals surface area contributed by atoms with Crippen LogP contribution in [0.25, 0.3) is 10.7 Å². The topological polar surface area (TPSA) is 64.7 Å². The quantitative estimate of drug-likeness (QED) is 0.813. The molecule has 0 aliphatic heterocycles. The third-order valence-corrected chi connectivity index (χ3v) is 2.58. The lowest BCUT2D eigenvalue weighted by atomic mass is 10.3. The van der Waals surface area contributed by atoms with Crippen LogP contribution in [0.15, 0.2) is 17.8 Å². The van der Waals surface area contributed by atoms with E-state index >= 15 is 0 Å². The van der Waals surface area contributed by atoms with E-state index < -0.39 is 0 Å². The van der Waals surface area contributed by atoms with E-state index in [0.29, 0.717) is 11.6 Å². The first-order chi connectivity index (χ1) is 6.79. The van der Waals surface area contributed by atoms with Crippen LogP contribution < -0.4 is 5.73 Å². The van der Waals surface area contributed by atoms with Crippen molar-refractivity contribution in [2.45, 2.75) is 13.3 Å². The van der Waals surface area contributed by atoms with E-state index in [4.69, 9.17) is 5.73 Å². The number of nitrogens with two attached hydrogens (primary N) is 1. The molecule has 0 amide bonds. The Morgan fingerprint density at radius 3 is 2.93 bits per heavy atom. The summed E-state index contributed by atoms with van der Waals surface area (Å²) in [5.74, 6) is 1.18. The molecule has 2 aromatic rings. The molecule has 0 aliphatic carbocycles. The number of hydrogen-bond donors (Lipinski definition) is 1. The first kappa shape index (κ1) is 9.08. The molecule has 2 N–H and O–H groups in total. The van der Waals surface area contributed by atoms with Crippen molar-refractivity contribution < 1.29 is 0 Å². The van der Waals surface area contributed by atoms with Crippen molar-refractivity contribution in [1.82, 2.24) is 15.0 Å². The molecule has 72 valence electrons. The van der Waals surface area contributed by atoms with Crippen LogP contribution in [0.4, 0.5) is 5.82 Å². The minimum absolute atomic E-state index is 0.514. The molecule has 2 rings (SSSR count). The third-order valence-electron chi connectivity index (χ3n) is 1.81. The van der Waals surface area contributed by atoms with Gasteiger partial charge in [0.15, 0.2) is 5.82 Å². The molecule has 0 saturated carbocycles. The smallest absolute Gasteiger partial charge is 0.173 e. The number of thiazole rings is 1. The van der Waals surface area contributed by atoms with Gasteiger partial charge in [-0.25, -0.2) is 9.97 Å². The van der Waals surface area contributed by atoms with Gasteiger partial charge in [0.05, 0.1) is 10.4 Å². The monoisotopic (exact) mass is 206 g/mol. The van der Waals surface area contributed by atoms with Gasteiger partial charge in [0, 0.05) is 18.0 Å². The predicted octanol–water partition coefficient (Wildman–Crippen LogP) is 1.74. The summed E-state index contributed by atoms with van der Waals surface area (Å²) in [7, 11) is 0. The van der Waals surface area contributed by atoms with Crippen molar-refractivity contribution >= 4 is 17.2 Å². The molecule has 0 unspecified atom stereocenters. The highest BCUT2D eigenvalue weighted by molar-refractivity contribution is 7.13. The van der Waals surface area contributed by atoms with Gasteiger partial charge in [-0.15, -0.1) is 11.3 Å². The predicted molar refractivity (Wildman–Crippen MR) is 56.9 cm³/mol. The van der Waals surface area contributed by atoms with E-state index in [1.165, 1.54) is 11.3 Å². The highest BCUT2D eigenvalue weighted by Crippen LogP contribution is 2.20. The lowest BCUT2D eigenvalue weighted by Crippen LogP contribution is -1.98. The van der Waals surface area contributed by atoms with Gasteiger partial charge in [-0.3, -0.25) is 4.98 Å². The fraction of sp³-hybridized carbons (Fsp3) is 0.222. The van der Waals surface area contributed by atoms with E-state index in [1.807, 2.05) is 6.92 Å². The minimum atomic E-state index is 0.514. The molecule has 0 saturated heterocycles. The Morgan fingerprint density at radius 2 is 2.29 bits per heavy atom. The average molecular weight is 206 g/mol. The zero-order chi connectivity index (χ0) is 9.97. The first-order valence-corrected chi connectivity index (χ1v) is 5.20. The Morgan fingerprint density at radius 1 is 1.43 bits per heavy atom. The lowest BCUT2D eigenvalue weighted by molar-refractivity contribution is 1.01. The van der Waals surface area contributed by atoms with Crippen molar-refractivity contribution in [2.75, 3.05) is 5.73 Å². The van der Waals surface area contributed by atoms with Crippen LogP contribution in [-0.4, -0.2) is 15.0 Å². The van der Waals surface area contributed by atoms with Gasteiger partial charge < -0.3 is 5.73 Å². The number of aryl methyl sites for hydroxylation is 1. The zero-order valence-corrected chi connectivity index (χ0v) is 8.58. The number of aromatic nitrogens is 3. The van der Waals surface area contributed by atoms with E-state index in [-0.39, 0.29) is 0 Å². The Labute approximate surface area is 85.9 Å². The SMILES string of the molecule is CCc1cc(N)nc(-c2cncs2)n1. The molecule has 0 fully saturated rings.